The second-order valence-electron chi connectivity index (χ2n) is 10.4. The van der Waals surface area contributed by atoms with E-state index in [2.05, 4.69) is 22.9 Å². The molecule has 5 rings (SSSR count). The molecule has 5 nitrogen and oxygen atoms in total. The van der Waals surface area contributed by atoms with Gasteiger partial charge in [-0.2, -0.15) is 0 Å². The summed E-state index contributed by atoms with van der Waals surface area (Å²) in [6, 6.07) is 11.0. The molecule has 1 saturated heterocycles. The number of nitrogens with one attached hydrogen (secondary N) is 1. The number of ether oxygens (including phenoxy) is 1. The molecule has 0 radical (unpaired) electrons. The highest BCUT2D eigenvalue weighted by atomic mass is 19.3. The van der Waals surface area contributed by atoms with Crippen molar-refractivity contribution in [2.24, 2.45) is 5.41 Å². The van der Waals surface area contributed by atoms with E-state index in [1.165, 1.54) is 0 Å². The fraction of sp³-hybridized carbons (Fsp3) is 0.444. The third-order valence-electron chi connectivity index (χ3n) is 8.03. The standard InChI is InChI=1S/C27H30F2N2O3/c1-17-12-22(34-3)21(20-8-10-30-23(17)20)13-31-11-9-26(15-27(28,29)16-26)14-25(31,2)19-6-4-18(5-7-19)24(32)33/h4-8,10,12,30H,9,11,13-16H2,1-3H3,(H,32,33)/t25-/m0/s1. The van der Waals surface area contributed by atoms with Crippen LogP contribution in [0.3, 0.4) is 0 Å². The smallest absolute Gasteiger partial charge is 0.335 e. The van der Waals surface area contributed by atoms with E-state index in [0.29, 0.717) is 19.5 Å². The summed E-state index contributed by atoms with van der Waals surface area (Å²) in [6.45, 7) is 5.42. The largest absolute Gasteiger partial charge is 0.496 e. The molecule has 0 bridgehead atoms. The number of aromatic carboxylic acids is 1. The number of hydrogen-bond acceptors (Lipinski definition) is 3. The van der Waals surface area contributed by atoms with Crippen LogP contribution in [0.2, 0.25) is 0 Å². The number of alkyl halides is 2. The second-order valence-corrected chi connectivity index (χ2v) is 10.4. The molecule has 3 aromatic rings. The molecular formula is C27H30F2N2O3. The number of carbonyl (C=O) groups is 1. The average Bonchev–Trinajstić information content (AvgIpc) is 3.26. The van der Waals surface area contributed by atoms with E-state index < -0.39 is 17.4 Å². The van der Waals surface area contributed by atoms with Crippen molar-refractivity contribution >= 4 is 16.9 Å². The zero-order valence-corrected chi connectivity index (χ0v) is 19.8. The third-order valence-corrected chi connectivity index (χ3v) is 8.03. The van der Waals surface area contributed by atoms with E-state index >= 15 is 0 Å². The van der Waals surface area contributed by atoms with Gasteiger partial charge in [0, 0.05) is 47.6 Å². The molecule has 0 amide bonds. The first-order valence-corrected chi connectivity index (χ1v) is 11.7. The van der Waals surface area contributed by atoms with Crippen LogP contribution in [0.5, 0.6) is 5.75 Å². The van der Waals surface area contributed by atoms with E-state index in [1.54, 1.807) is 19.2 Å². The maximum atomic E-state index is 14.0. The van der Waals surface area contributed by atoms with Gasteiger partial charge < -0.3 is 14.8 Å². The number of aromatic nitrogens is 1. The predicted molar refractivity (Wildman–Crippen MR) is 127 cm³/mol. The molecule has 7 heteroatoms. The van der Waals surface area contributed by atoms with Crippen molar-refractivity contribution in [1.29, 1.82) is 0 Å². The Kier molecular flexibility index (Phi) is 5.24. The van der Waals surface area contributed by atoms with Crippen LogP contribution in [0.1, 0.15) is 59.7 Å². The minimum absolute atomic E-state index is 0.0768. The zero-order chi connectivity index (χ0) is 24.3. The summed E-state index contributed by atoms with van der Waals surface area (Å²) in [7, 11) is 1.67. The molecule has 1 aliphatic heterocycles. The number of aromatic amines is 1. The number of aryl methyl sites for hydroxylation is 1. The maximum Gasteiger partial charge on any atom is 0.335 e. The van der Waals surface area contributed by atoms with Crippen LogP contribution in [-0.2, 0) is 12.1 Å². The monoisotopic (exact) mass is 468 g/mol. The quantitative estimate of drug-likeness (QED) is 0.474. The second kappa shape index (κ2) is 7.80. The minimum atomic E-state index is -2.59. The van der Waals surface area contributed by atoms with Crippen LogP contribution in [0, 0.1) is 12.3 Å². The van der Waals surface area contributed by atoms with Gasteiger partial charge in [0.05, 0.1) is 12.7 Å². The number of carboxylic acids is 1. The molecule has 1 aliphatic carbocycles. The van der Waals surface area contributed by atoms with Crippen LogP contribution in [0.4, 0.5) is 8.78 Å². The van der Waals surface area contributed by atoms with Crippen molar-refractivity contribution in [3.63, 3.8) is 0 Å². The highest BCUT2D eigenvalue weighted by Crippen LogP contribution is 2.62. The Morgan fingerprint density at radius 3 is 2.50 bits per heavy atom. The number of halogens is 2. The molecule has 2 fully saturated rings. The SMILES string of the molecule is COc1cc(C)c2[nH]ccc2c1CN1CCC2(CC(F)(F)C2)C[C@@]1(C)c1ccc(C(=O)O)cc1. The molecule has 2 heterocycles. The normalized spacial score (nSPS) is 23.7. The first-order chi connectivity index (χ1) is 16.1. The molecule has 34 heavy (non-hydrogen) atoms. The van der Waals surface area contributed by atoms with Crippen LogP contribution in [0.25, 0.3) is 10.9 Å². The van der Waals surface area contributed by atoms with Crippen LogP contribution in [-0.4, -0.2) is 40.5 Å². The first kappa shape index (κ1) is 22.8. The number of benzene rings is 2. The van der Waals surface area contributed by atoms with Crippen LogP contribution in [0.15, 0.2) is 42.6 Å². The number of methoxy groups -OCH3 is 1. The Morgan fingerprint density at radius 1 is 1.18 bits per heavy atom. The van der Waals surface area contributed by atoms with Crippen LogP contribution < -0.4 is 4.74 Å². The van der Waals surface area contributed by atoms with E-state index in [9.17, 15) is 18.7 Å². The van der Waals surface area contributed by atoms with Gasteiger partial charge in [0.1, 0.15) is 5.75 Å². The van der Waals surface area contributed by atoms with Crippen LogP contribution >= 0.6 is 0 Å². The number of fused-ring (bicyclic) bond motifs is 1. The summed E-state index contributed by atoms with van der Waals surface area (Å²) < 4.78 is 33.7. The molecule has 180 valence electrons. The van der Waals surface area contributed by atoms with Gasteiger partial charge in [-0.3, -0.25) is 4.90 Å². The molecule has 1 spiro atoms. The van der Waals surface area contributed by atoms with E-state index in [4.69, 9.17) is 4.74 Å². The number of H-pyrrole nitrogens is 1. The number of nitrogens with zero attached hydrogens (tertiary/aromatic N) is 1. The average molecular weight is 469 g/mol. The van der Waals surface area contributed by atoms with Crippen molar-refractivity contribution in [2.45, 2.75) is 57.5 Å². The number of hydrogen-bond donors (Lipinski definition) is 2. The number of piperidine rings is 1. The van der Waals surface area contributed by atoms with E-state index in [0.717, 1.165) is 39.8 Å². The van der Waals surface area contributed by atoms with Gasteiger partial charge in [0.25, 0.3) is 0 Å². The fourth-order valence-electron chi connectivity index (χ4n) is 6.38. The predicted octanol–water partition coefficient (Wildman–Crippen LogP) is 6.11. The van der Waals surface area contributed by atoms with Gasteiger partial charge in [-0.15, -0.1) is 0 Å². The topological polar surface area (TPSA) is 65.6 Å². The van der Waals surface area contributed by atoms with Gasteiger partial charge in [0.15, 0.2) is 0 Å². The maximum absolute atomic E-state index is 14.0. The third kappa shape index (κ3) is 3.66. The van der Waals surface area contributed by atoms with Crippen molar-refractivity contribution < 1.29 is 23.4 Å². The number of rotatable bonds is 5. The van der Waals surface area contributed by atoms with Gasteiger partial charge in [-0.05, 0) is 74.0 Å². The summed E-state index contributed by atoms with van der Waals surface area (Å²) in [5.41, 5.74) is 3.48. The molecule has 1 aromatic heterocycles. The molecule has 2 aliphatic rings. The first-order valence-electron chi connectivity index (χ1n) is 11.7. The van der Waals surface area contributed by atoms with Crippen molar-refractivity contribution in [2.75, 3.05) is 13.7 Å². The number of carboxylic acid groups (broad SMARTS) is 1. The molecule has 2 N–H and O–H groups in total. The fourth-order valence-corrected chi connectivity index (χ4v) is 6.38. The summed E-state index contributed by atoms with van der Waals surface area (Å²) in [5, 5.41) is 10.4. The molecular weight excluding hydrogens is 438 g/mol. The minimum Gasteiger partial charge on any atom is -0.496 e. The summed E-state index contributed by atoms with van der Waals surface area (Å²) in [5.74, 6) is -2.76. The summed E-state index contributed by atoms with van der Waals surface area (Å²) >= 11 is 0. The highest BCUT2D eigenvalue weighted by Gasteiger charge is 2.60. The van der Waals surface area contributed by atoms with Gasteiger partial charge in [-0.25, -0.2) is 13.6 Å². The Morgan fingerprint density at radius 2 is 1.88 bits per heavy atom. The van der Waals surface area contributed by atoms with Gasteiger partial charge in [0.2, 0.25) is 5.92 Å². The van der Waals surface area contributed by atoms with E-state index in [-0.39, 0.29) is 23.8 Å². The molecule has 2 aromatic carbocycles. The van der Waals surface area contributed by atoms with Crippen molar-refractivity contribution in [3.05, 3.63) is 64.8 Å². The van der Waals surface area contributed by atoms with Gasteiger partial charge >= 0.3 is 5.97 Å². The van der Waals surface area contributed by atoms with Crippen molar-refractivity contribution in [3.8, 4) is 5.75 Å². The van der Waals surface area contributed by atoms with Crippen molar-refractivity contribution in [1.82, 2.24) is 9.88 Å². The lowest BCUT2D eigenvalue weighted by molar-refractivity contribution is -0.198. The Hall–Kier alpha value is -2.93. The molecule has 1 saturated carbocycles. The lowest BCUT2D eigenvalue weighted by Crippen LogP contribution is -2.59. The Labute approximate surface area is 197 Å². The Bertz CT molecular complexity index is 1240. The van der Waals surface area contributed by atoms with E-state index in [1.807, 2.05) is 31.3 Å². The number of likely N-dealkylation sites (tertiary alicyclic amines) is 1. The molecule has 1 atom stereocenters. The highest BCUT2D eigenvalue weighted by molar-refractivity contribution is 5.88. The Balaban J connectivity index is 1.56. The summed E-state index contributed by atoms with van der Waals surface area (Å²) in [4.78, 5) is 17.1. The molecule has 0 unspecified atom stereocenters. The summed E-state index contributed by atoms with van der Waals surface area (Å²) in [6.07, 6.45) is 3.09. The zero-order valence-electron chi connectivity index (χ0n) is 19.8. The lowest BCUT2D eigenvalue weighted by Gasteiger charge is -2.59. The lowest BCUT2D eigenvalue weighted by atomic mass is 9.56. The van der Waals surface area contributed by atoms with Gasteiger partial charge in [-0.1, -0.05) is 12.1 Å².